The molecule has 0 aromatic heterocycles. The quantitative estimate of drug-likeness (QED) is 0.0644. The van der Waals surface area contributed by atoms with Crippen LogP contribution < -0.4 is 26.6 Å². The molecule has 0 saturated carbocycles. The van der Waals surface area contributed by atoms with Crippen molar-refractivity contribution in [1.82, 2.24) is 26.6 Å². The van der Waals surface area contributed by atoms with Crippen molar-refractivity contribution in [3.8, 4) is 5.75 Å². The van der Waals surface area contributed by atoms with Crippen molar-refractivity contribution in [3.05, 3.63) is 126 Å². The summed E-state index contributed by atoms with van der Waals surface area (Å²) in [5.41, 5.74) is 2.50. The number of phenolic OH excluding ortho intramolecular Hbond substituents is 1. The zero-order chi connectivity index (χ0) is 40.3. The highest BCUT2D eigenvalue weighted by Crippen LogP contribution is 2.36. The predicted molar refractivity (Wildman–Crippen MR) is 216 cm³/mol. The van der Waals surface area contributed by atoms with Crippen molar-refractivity contribution in [2.24, 2.45) is 0 Å². The molecule has 0 unspecified atom stereocenters. The highest BCUT2D eigenvalue weighted by atomic mass is 16.4. The van der Waals surface area contributed by atoms with Gasteiger partial charge in [-0.05, 0) is 74.0 Å². The minimum absolute atomic E-state index is 0.0437. The van der Waals surface area contributed by atoms with Gasteiger partial charge in [0.2, 0.25) is 29.5 Å². The summed E-state index contributed by atoms with van der Waals surface area (Å²) < 4.78 is 0. The normalized spacial score (nSPS) is 12.1. The molecule has 7 N–H and O–H groups in total. The van der Waals surface area contributed by atoms with Gasteiger partial charge in [0.15, 0.2) is 0 Å². The number of aliphatic carboxylic acids is 1. The van der Waals surface area contributed by atoms with Crippen molar-refractivity contribution in [2.45, 2.75) is 44.2 Å². The molecule has 0 aliphatic carbocycles. The minimum atomic E-state index is -1.24. The average Bonchev–Trinajstić information content (AvgIpc) is 3.21. The molecule has 0 spiro atoms. The molecule has 6 aromatic rings. The minimum Gasteiger partial charge on any atom is -0.508 e. The lowest BCUT2D eigenvalue weighted by Gasteiger charge is -2.21. The first kappa shape index (κ1) is 39.7. The van der Waals surface area contributed by atoms with E-state index in [9.17, 15) is 33.9 Å². The number of hydrogen-bond acceptors (Lipinski definition) is 7. The molecule has 13 nitrogen and oxygen atoms in total. The van der Waals surface area contributed by atoms with Gasteiger partial charge in [0.25, 0.3) is 0 Å². The number of hydrogen-bond donors (Lipinski definition) is 7. The number of carbonyl (C=O) groups excluding carboxylic acids is 5. The van der Waals surface area contributed by atoms with Gasteiger partial charge in [-0.3, -0.25) is 28.8 Å². The lowest BCUT2D eigenvalue weighted by atomic mass is 9.90. The Morgan fingerprint density at radius 1 is 0.526 bits per heavy atom. The number of aryl methyl sites for hydroxylation is 1. The molecule has 0 aliphatic rings. The molecule has 13 heteroatoms. The largest absolute Gasteiger partial charge is 0.508 e. The number of benzene rings is 6. The Morgan fingerprint density at radius 2 is 1.09 bits per heavy atom. The van der Waals surface area contributed by atoms with Gasteiger partial charge in [-0.15, -0.1) is 0 Å². The fourth-order valence-corrected chi connectivity index (χ4v) is 6.92. The molecule has 0 heterocycles. The standard InChI is InChI=1S/C44H43N5O8/c50-33-19-12-28(13-20-33)23-35(48-37(51)11-5-8-29-14-15-32-17-16-30-9-4-10-31-18-21-34(29)42(32)41(30)31)43(56)47-25-39(53)49-36(22-27-6-2-1-3-7-27)44(57)46-24-38(52)45-26-40(54)55/h1-4,6-7,9-10,12-21,35-36,50H,5,8,11,22-26H2,(H,45,52)(H,46,57)(H,47,56)(H,48,51)(H,49,53)(H,54,55)/t35-,36-/m0/s1. The van der Waals surface area contributed by atoms with Gasteiger partial charge in [0.05, 0.1) is 13.1 Å². The number of carbonyl (C=O) groups is 6. The summed E-state index contributed by atoms with van der Waals surface area (Å²) in [7, 11) is 0. The van der Waals surface area contributed by atoms with E-state index in [0.717, 1.165) is 16.3 Å². The van der Waals surface area contributed by atoms with Crippen LogP contribution in [0.15, 0.2) is 109 Å². The van der Waals surface area contributed by atoms with E-state index >= 15 is 0 Å². The second kappa shape index (κ2) is 18.5. The first-order chi connectivity index (χ1) is 27.5. The third-order valence-corrected chi connectivity index (χ3v) is 9.71. The van der Waals surface area contributed by atoms with Crippen LogP contribution in [0.1, 0.15) is 29.5 Å². The van der Waals surface area contributed by atoms with Crippen LogP contribution in [0.4, 0.5) is 0 Å². The van der Waals surface area contributed by atoms with E-state index in [2.05, 4.69) is 81.2 Å². The van der Waals surface area contributed by atoms with Gasteiger partial charge in [0, 0.05) is 19.3 Å². The van der Waals surface area contributed by atoms with Crippen molar-refractivity contribution >= 4 is 67.8 Å². The summed E-state index contributed by atoms with van der Waals surface area (Å²) in [6.07, 6.45) is 1.46. The lowest BCUT2D eigenvalue weighted by molar-refractivity contribution is -0.138. The van der Waals surface area contributed by atoms with Gasteiger partial charge < -0.3 is 36.8 Å². The number of phenols is 1. The Morgan fingerprint density at radius 3 is 1.74 bits per heavy atom. The van der Waals surface area contributed by atoms with Crippen LogP contribution in [0.3, 0.4) is 0 Å². The number of carboxylic acids is 1. The Hall–Kier alpha value is -7.02. The molecule has 0 radical (unpaired) electrons. The zero-order valence-corrected chi connectivity index (χ0v) is 31.0. The molecule has 2 atom stereocenters. The van der Waals surface area contributed by atoms with Gasteiger partial charge >= 0.3 is 5.97 Å². The molecule has 6 aromatic carbocycles. The summed E-state index contributed by atoms with van der Waals surface area (Å²) in [6, 6.07) is 31.9. The molecule has 0 saturated heterocycles. The fourth-order valence-electron chi connectivity index (χ4n) is 6.92. The second-order valence-electron chi connectivity index (χ2n) is 13.8. The van der Waals surface area contributed by atoms with E-state index in [0.29, 0.717) is 24.0 Å². The van der Waals surface area contributed by atoms with Crippen LogP contribution in [0.5, 0.6) is 5.75 Å². The molecule has 0 aliphatic heterocycles. The zero-order valence-electron chi connectivity index (χ0n) is 31.0. The van der Waals surface area contributed by atoms with E-state index < -0.39 is 61.3 Å². The number of carboxylic acid groups (broad SMARTS) is 1. The third kappa shape index (κ3) is 10.6. The molecule has 5 amide bonds. The summed E-state index contributed by atoms with van der Waals surface area (Å²) >= 11 is 0. The Balaban J connectivity index is 1.07. The summed E-state index contributed by atoms with van der Waals surface area (Å²) in [4.78, 5) is 75.8. The van der Waals surface area contributed by atoms with Crippen molar-refractivity contribution < 1.29 is 39.0 Å². The van der Waals surface area contributed by atoms with E-state index in [1.165, 1.54) is 33.7 Å². The maximum Gasteiger partial charge on any atom is 0.322 e. The molecule has 0 bridgehead atoms. The molecule has 292 valence electrons. The third-order valence-electron chi connectivity index (χ3n) is 9.71. The average molecular weight is 770 g/mol. The van der Waals surface area contributed by atoms with Gasteiger partial charge in [0.1, 0.15) is 24.4 Å². The number of amides is 5. The summed E-state index contributed by atoms with van der Waals surface area (Å²) in [5, 5.41) is 38.1. The number of nitrogens with one attached hydrogen (secondary N) is 5. The Kier molecular flexibility index (Phi) is 12.9. The van der Waals surface area contributed by atoms with Crippen LogP contribution in [-0.4, -0.2) is 77.4 Å². The van der Waals surface area contributed by atoms with Crippen molar-refractivity contribution in [1.29, 1.82) is 0 Å². The smallest absolute Gasteiger partial charge is 0.322 e. The van der Waals surface area contributed by atoms with E-state index in [-0.39, 0.29) is 30.9 Å². The molecular formula is C44H43N5O8. The summed E-state index contributed by atoms with van der Waals surface area (Å²) in [6.45, 7) is -1.65. The summed E-state index contributed by atoms with van der Waals surface area (Å²) in [5.74, 6) is -4.28. The SMILES string of the molecule is O=C(O)CNC(=O)CNC(=O)[C@H](Cc1ccccc1)NC(=O)CNC(=O)[C@H](Cc1ccc(O)cc1)NC(=O)CCCc1ccc2ccc3cccc4ccc1c2c34. The number of aromatic hydroxyl groups is 1. The lowest BCUT2D eigenvalue weighted by Crippen LogP contribution is -2.54. The molecule has 0 fully saturated rings. The van der Waals surface area contributed by atoms with E-state index in [1.807, 2.05) is 0 Å². The van der Waals surface area contributed by atoms with Gasteiger partial charge in [-0.25, -0.2) is 0 Å². The molecule has 57 heavy (non-hydrogen) atoms. The van der Waals surface area contributed by atoms with Crippen LogP contribution in [-0.2, 0) is 48.0 Å². The van der Waals surface area contributed by atoms with Gasteiger partial charge in [-0.1, -0.05) is 97.1 Å². The number of rotatable bonds is 18. The predicted octanol–water partition coefficient (Wildman–Crippen LogP) is 3.50. The monoisotopic (exact) mass is 769 g/mol. The van der Waals surface area contributed by atoms with Crippen molar-refractivity contribution in [3.63, 3.8) is 0 Å². The highest BCUT2D eigenvalue weighted by molar-refractivity contribution is 6.23. The molecular weight excluding hydrogens is 727 g/mol. The van der Waals surface area contributed by atoms with Crippen LogP contribution in [0.2, 0.25) is 0 Å². The fraction of sp³-hybridized carbons (Fsp3) is 0.227. The Bertz CT molecular complexity index is 2380. The van der Waals surface area contributed by atoms with Crippen LogP contribution >= 0.6 is 0 Å². The van der Waals surface area contributed by atoms with Crippen LogP contribution in [0, 0.1) is 0 Å². The van der Waals surface area contributed by atoms with E-state index in [4.69, 9.17) is 5.11 Å². The Labute approximate surface area is 328 Å². The first-order valence-corrected chi connectivity index (χ1v) is 18.6. The maximum atomic E-state index is 13.5. The van der Waals surface area contributed by atoms with E-state index in [1.54, 1.807) is 42.5 Å². The van der Waals surface area contributed by atoms with Crippen molar-refractivity contribution in [2.75, 3.05) is 19.6 Å². The first-order valence-electron chi connectivity index (χ1n) is 18.6. The highest BCUT2D eigenvalue weighted by Gasteiger charge is 2.25. The molecule has 6 rings (SSSR count). The topological polar surface area (TPSA) is 203 Å². The second-order valence-corrected chi connectivity index (χ2v) is 13.8. The van der Waals surface area contributed by atoms with Gasteiger partial charge in [-0.2, -0.15) is 0 Å². The maximum absolute atomic E-state index is 13.5. The van der Waals surface area contributed by atoms with Crippen LogP contribution in [0.25, 0.3) is 32.3 Å².